The van der Waals surface area contributed by atoms with E-state index in [0.717, 1.165) is 16.7 Å². The van der Waals surface area contributed by atoms with Crippen molar-refractivity contribution in [2.75, 3.05) is 0 Å². The standard InChI is InChI=1S/C17H13FN6O/c1-23-8-13(15(22-23)10-2-4-11(18)5-3-10)12-6-7-20-24-9-14(16(19)25)21-17(12)24/h2-9H,1H3,(H2,19,25). The molecule has 0 saturated heterocycles. The molecule has 1 amide bonds. The summed E-state index contributed by atoms with van der Waals surface area (Å²) in [7, 11) is 1.80. The molecule has 2 N–H and O–H groups in total. The van der Waals surface area contributed by atoms with Crippen LogP contribution in [0.4, 0.5) is 4.39 Å². The number of carbonyl (C=O) groups excluding carboxylic acids is 1. The van der Waals surface area contributed by atoms with Crippen molar-refractivity contribution in [3.63, 3.8) is 0 Å². The fourth-order valence-electron chi connectivity index (χ4n) is 2.73. The molecule has 0 aliphatic rings. The lowest BCUT2D eigenvalue weighted by Gasteiger charge is -2.04. The fourth-order valence-corrected chi connectivity index (χ4v) is 2.73. The Morgan fingerprint density at radius 2 is 1.88 bits per heavy atom. The van der Waals surface area contributed by atoms with E-state index in [1.165, 1.54) is 22.8 Å². The maximum atomic E-state index is 13.2. The first-order valence-corrected chi connectivity index (χ1v) is 7.47. The van der Waals surface area contributed by atoms with Gasteiger partial charge in [0, 0.05) is 36.1 Å². The first-order chi connectivity index (χ1) is 12.0. The topological polar surface area (TPSA) is 91.1 Å². The van der Waals surface area contributed by atoms with E-state index >= 15 is 0 Å². The average molecular weight is 336 g/mol. The van der Waals surface area contributed by atoms with Crippen molar-refractivity contribution in [2.45, 2.75) is 0 Å². The molecule has 3 aromatic heterocycles. The highest BCUT2D eigenvalue weighted by atomic mass is 19.1. The summed E-state index contributed by atoms with van der Waals surface area (Å²) < 4.78 is 16.4. The number of hydrogen-bond acceptors (Lipinski definition) is 4. The van der Waals surface area contributed by atoms with Crippen LogP contribution in [0.25, 0.3) is 28.0 Å². The van der Waals surface area contributed by atoms with Gasteiger partial charge in [0.15, 0.2) is 5.65 Å². The van der Waals surface area contributed by atoms with Gasteiger partial charge < -0.3 is 5.73 Å². The van der Waals surface area contributed by atoms with Gasteiger partial charge in [0.1, 0.15) is 17.2 Å². The van der Waals surface area contributed by atoms with E-state index in [4.69, 9.17) is 5.73 Å². The van der Waals surface area contributed by atoms with Gasteiger partial charge in [-0.3, -0.25) is 9.48 Å². The van der Waals surface area contributed by atoms with Crippen molar-refractivity contribution in [2.24, 2.45) is 12.8 Å². The predicted octanol–water partition coefficient (Wildman–Crippen LogP) is 2.03. The van der Waals surface area contributed by atoms with Crippen LogP contribution < -0.4 is 5.73 Å². The zero-order valence-corrected chi connectivity index (χ0v) is 13.2. The van der Waals surface area contributed by atoms with Crippen molar-refractivity contribution in [1.82, 2.24) is 24.4 Å². The molecule has 7 nitrogen and oxygen atoms in total. The van der Waals surface area contributed by atoms with Gasteiger partial charge in [0.05, 0.1) is 6.20 Å². The molecule has 0 atom stereocenters. The van der Waals surface area contributed by atoms with E-state index in [0.29, 0.717) is 11.3 Å². The second-order valence-corrected chi connectivity index (χ2v) is 5.58. The van der Waals surface area contributed by atoms with Crippen LogP contribution in [0.1, 0.15) is 10.5 Å². The molecule has 0 radical (unpaired) electrons. The molecule has 0 saturated carbocycles. The first-order valence-electron chi connectivity index (χ1n) is 7.47. The Kier molecular flexibility index (Phi) is 3.31. The number of benzene rings is 1. The SMILES string of the molecule is Cn1cc(-c2ccnn3cc(C(N)=O)nc23)c(-c2ccc(F)cc2)n1. The van der Waals surface area contributed by atoms with Gasteiger partial charge in [0.2, 0.25) is 0 Å². The van der Waals surface area contributed by atoms with Crippen LogP contribution in [-0.2, 0) is 7.05 Å². The highest BCUT2D eigenvalue weighted by Crippen LogP contribution is 2.32. The molecule has 4 aromatic rings. The van der Waals surface area contributed by atoms with Crippen LogP contribution in [-0.4, -0.2) is 30.3 Å². The van der Waals surface area contributed by atoms with Gasteiger partial charge >= 0.3 is 0 Å². The third-order valence-corrected chi connectivity index (χ3v) is 3.85. The number of nitrogens with zero attached hydrogens (tertiary/aromatic N) is 5. The molecular formula is C17H13FN6O. The minimum Gasteiger partial charge on any atom is -0.364 e. The molecule has 0 spiro atoms. The van der Waals surface area contributed by atoms with Crippen LogP contribution in [0.3, 0.4) is 0 Å². The smallest absolute Gasteiger partial charge is 0.268 e. The molecule has 0 bridgehead atoms. The van der Waals surface area contributed by atoms with E-state index in [9.17, 15) is 9.18 Å². The molecule has 3 heterocycles. The lowest BCUT2D eigenvalue weighted by Crippen LogP contribution is -2.10. The Morgan fingerprint density at radius 3 is 2.60 bits per heavy atom. The third kappa shape index (κ3) is 2.53. The normalized spacial score (nSPS) is 11.1. The summed E-state index contributed by atoms with van der Waals surface area (Å²) >= 11 is 0. The molecule has 25 heavy (non-hydrogen) atoms. The third-order valence-electron chi connectivity index (χ3n) is 3.85. The Morgan fingerprint density at radius 1 is 1.12 bits per heavy atom. The molecule has 0 fully saturated rings. The number of aryl methyl sites for hydroxylation is 1. The minimum atomic E-state index is -0.624. The number of halogens is 1. The highest BCUT2D eigenvalue weighted by Gasteiger charge is 2.18. The summed E-state index contributed by atoms with van der Waals surface area (Å²) in [5, 5.41) is 8.64. The predicted molar refractivity (Wildman–Crippen MR) is 89.1 cm³/mol. The lowest BCUT2D eigenvalue weighted by molar-refractivity contribution is 0.0996. The Balaban J connectivity index is 1.95. The van der Waals surface area contributed by atoms with Crippen molar-refractivity contribution in [3.05, 3.63) is 60.4 Å². The summed E-state index contributed by atoms with van der Waals surface area (Å²) in [6.45, 7) is 0. The van der Waals surface area contributed by atoms with Gasteiger partial charge in [-0.15, -0.1) is 0 Å². The number of aromatic nitrogens is 5. The van der Waals surface area contributed by atoms with Gasteiger partial charge in [0.25, 0.3) is 5.91 Å². The lowest BCUT2D eigenvalue weighted by atomic mass is 10.0. The van der Waals surface area contributed by atoms with Gasteiger partial charge in [-0.1, -0.05) is 0 Å². The minimum absolute atomic E-state index is 0.132. The number of fused-ring (bicyclic) bond motifs is 1. The Labute approximate surface area is 141 Å². The number of imidazole rings is 1. The van der Waals surface area contributed by atoms with E-state index in [2.05, 4.69) is 15.2 Å². The number of primary amides is 1. The number of carbonyl (C=O) groups is 1. The molecular weight excluding hydrogens is 323 g/mol. The number of nitrogens with two attached hydrogens (primary N) is 1. The largest absolute Gasteiger partial charge is 0.364 e. The van der Waals surface area contributed by atoms with Gasteiger partial charge in [-0.05, 0) is 30.3 Å². The summed E-state index contributed by atoms with van der Waals surface area (Å²) in [6, 6.07) is 7.89. The maximum Gasteiger partial charge on any atom is 0.268 e. The second-order valence-electron chi connectivity index (χ2n) is 5.58. The van der Waals surface area contributed by atoms with E-state index < -0.39 is 5.91 Å². The van der Waals surface area contributed by atoms with Crippen LogP contribution >= 0.6 is 0 Å². The van der Waals surface area contributed by atoms with Crippen LogP contribution in [0.15, 0.2) is 48.9 Å². The molecule has 0 aliphatic heterocycles. The molecule has 124 valence electrons. The number of rotatable bonds is 3. The summed E-state index contributed by atoms with van der Waals surface area (Å²) in [6.07, 6.45) is 4.93. The summed E-state index contributed by atoms with van der Waals surface area (Å²) in [5.74, 6) is -0.937. The van der Waals surface area contributed by atoms with Crippen molar-refractivity contribution < 1.29 is 9.18 Å². The zero-order valence-electron chi connectivity index (χ0n) is 13.2. The van der Waals surface area contributed by atoms with E-state index in [1.54, 1.807) is 36.1 Å². The zero-order chi connectivity index (χ0) is 17.6. The Bertz CT molecular complexity index is 1100. The molecule has 0 aliphatic carbocycles. The van der Waals surface area contributed by atoms with Crippen LogP contribution in [0.2, 0.25) is 0 Å². The first kappa shape index (κ1) is 15.0. The highest BCUT2D eigenvalue weighted by molar-refractivity contribution is 5.93. The molecule has 4 rings (SSSR count). The quantitative estimate of drug-likeness (QED) is 0.620. The van der Waals surface area contributed by atoms with Crippen molar-refractivity contribution in [1.29, 1.82) is 0 Å². The fraction of sp³-hybridized carbons (Fsp3) is 0.0588. The van der Waals surface area contributed by atoms with Crippen molar-refractivity contribution in [3.8, 4) is 22.4 Å². The number of amides is 1. The van der Waals surface area contributed by atoms with E-state index in [1.807, 2.05) is 6.20 Å². The van der Waals surface area contributed by atoms with E-state index in [-0.39, 0.29) is 11.5 Å². The molecule has 8 heteroatoms. The van der Waals surface area contributed by atoms with Gasteiger partial charge in [-0.25, -0.2) is 13.9 Å². The summed E-state index contributed by atoms with van der Waals surface area (Å²) in [5.41, 5.74) is 8.93. The number of hydrogen-bond donors (Lipinski definition) is 1. The molecule has 0 unspecified atom stereocenters. The Hall–Kier alpha value is -3.55. The summed E-state index contributed by atoms with van der Waals surface area (Å²) in [4.78, 5) is 15.7. The second kappa shape index (κ2) is 5.52. The average Bonchev–Trinajstić information content (AvgIpc) is 3.19. The maximum absolute atomic E-state index is 13.2. The van der Waals surface area contributed by atoms with Crippen molar-refractivity contribution >= 4 is 11.6 Å². The van der Waals surface area contributed by atoms with Gasteiger partial charge in [-0.2, -0.15) is 10.2 Å². The van der Waals surface area contributed by atoms with Crippen LogP contribution in [0, 0.1) is 5.82 Å². The monoisotopic (exact) mass is 336 g/mol. The van der Waals surface area contributed by atoms with Crippen LogP contribution in [0.5, 0.6) is 0 Å². The molecule has 1 aromatic carbocycles.